The highest BCUT2D eigenvalue weighted by Gasteiger charge is 2.31. The lowest BCUT2D eigenvalue weighted by Crippen LogP contribution is -2.28. The van der Waals surface area contributed by atoms with Crippen molar-refractivity contribution in [2.45, 2.75) is 33.1 Å². The van der Waals surface area contributed by atoms with Gasteiger partial charge >= 0.3 is 0 Å². The van der Waals surface area contributed by atoms with Crippen LogP contribution >= 0.6 is 0 Å². The minimum absolute atomic E-state index is 0.0804. The van der Waals surface area contributed by atoms with E-state index < -0.39 is 0 Å². The Morgan fingerprint density at radius 3 is 2.76 bits per heavy atom. The first-order valence-corrected chi connectivity index (χ1v) is 7.21. The van der Waals surface area contributed by atoms with Gasteiger partial charge in [-0.25, -0.2) is 0 Å². The highest BCUT2D eigenvalue weighted by molar-refractivity contribution is 5.94. The summed E-state index contributed by atoms with van der Waals surface area (Å²) in [5.74, 6) is 1.52. The summed E-state index contributed by atoms with van der Waals surface area (Å²) in [5.41, 5.74) is 3.09. The predicted octanol–water partition coefficient (Wildman–Crippen LogP) is 2.62. The van der Waals surface area contributed by atoms with Crippen molar-refractivity contribution in [3.8, 4) is 0 Å². The fraction of sp³-hybridized carbons (Fsp3) is 0.438. The van der Waals surface area contributed by atoms with Crippen LogP contribution in [0.5, 0.6) is 0 Å². The molecule has 1 aliphatic heterocycles. The highest BCUT2D eigenvalue weighted by Crippen LogP contribution is 2.27. The van der Waals surface area contributed by atoms with Crippen LogP contribution in [0.15, 0.2) is 22.7 Å². The SMILES string of the molecule is Cc1noc([C@H]2CCN(C(=O)c3ccc(C)c(C)c3)C2)n1. The van der Waals surface area contributed by atoms with E-state index in [-0.39, 0.29) is 11.8 Å². The summed E-state index contributed by atoms with van der Waals surface area (Å²) in [6, 6.07) is 5.86. The number of amides is 1. The van der Waals surface area contributed by atoms with Crippen LogP contribution in [0.25, 0.3) is 0 Å². The number of hydrogen-bond acceptors (Lipinski definition) is 4. The molecule has 0 spiro atoms. The minimum atomic E-state index is 0.0804. The number of aryl methyl sites for hydroxylation is 3. The predicted molar refractivity (Wildman–Crippen MR) is 78.2 cm³/mol. The van der Waals surface area contributed by atoms with Gasteiger partial charge in [-0.2, -0.15) is 4.98 Å². The van der Waals surface area contributed by atoms with Gasteiger partial charge in [-0.05, 0) is 50.5 Å². The summed E-state index contributed by atoms with van der Waals surface area (Å²) in [7, 11) is 0. The van der Waals surface area contributed by atoms with E-state index in [1.807, 2.05) is 36.9 Å². The molecule has 0 N–H and O–H groups in total. The molecule has 1 saturated heterocycles. The van der Waals surface area contributed by atoms with Gasteiger partial charge in [-0.3, -0.25) is 4.79 Å². The molecule has 21 heavy (non-hydrogen) atoms. The molecular weight excluding hydrogens is 266 g/mol. The Balaban J connectivity index is 1.73. The number of nitrogens with zero attached hydrogens (tertiary/aromatic N) is 3. The standard InChI is InChI=1S/C16H19N3O2/c1-10-4-5-13(8-11(10)2)16(20)19-7-6-14(9-19)15-17-12(3)18-21-15/h4-5,8,14H,6-7,9H2,1-3H3/t14-/m0/s1. The molecule has 0 radical (unpaired) electrons. The number of carbonyl (C=O) groups excluding carboxylic acids is 1. The number of hydrogen-bond donors (Lipinski definition) is 0. The first-order valence-electron chi connectivity index (χ1n) is 7.21. The molecule has 0 unspecified atom stereocenters. The Bertz CT molecular complexity index is 678. The second kappa shape index (κ2) is 5.31. The van der Waals surface area contributed by atoms with Crippen molar-refractivity contribution in [3.63, 3.8) is 0 Å². The van der Waals surface area contributed by atoms with E-state index in [0.717, 1.165) is 24.1 Å². The van der Waals surface area contributed by atoms with Crippen LogP contribution in [-0.2, 0) is 0 Å². The van der Waals surface area contributed by atoms with Gasteiger partial charge in [0.25, 0.3) is 5.91 Å². The number of benzene rings is 1. The van der Waals surface area contributed by atoms with E-state index in [1.165, 1.54) is 5.56 Å². The summed E-state index contributed by atoms with van der Waals surface area (Å²) in [4.78, 5) is 18.7. The smallest absolute Gasteiger partial charge is 0.253 e. The summed E-state index contributed by atoms with van der Waals surface area (Å²) in [6.07, 6.45) is 0.873. The summed E-state index contributed by atoms with van der Waals surface area (Å²) >= 11 is 0. The van der Waals surface area contributed by atoms with Gasteiger partial charge in [0, 0.05) is 18.7 Å². The molecule has 3 rings (SSSR count). The Kier molecular flexibility index (Phi) is 3.49. The molecule has 1 aliphatic rings. The maximum atomic E-state index is 12.6. The molecule has 1 atom stereocenters. The van der Waals surface area contributed by atoms with Gasteiger partial charge in [0.2, 0.25) is 5.89 Å². The van der Waals surface area contributed by atoms with E-state index in [2.05, 4.69) is 10.1 Å². The lowest BCUT2D eigenvalue weighted by atomic mass is 10.1. The average Bonchev–Trinajstić information content (AvgIpc) is 3.09. The topological polar surface area (TPSA) is 59.2 Å². The molecule has 5 nitrogen and oxygen atoms in total. The third-order valence-electron chi connectivity index (χ3n) is 4.12. The maximum Gasteiger partial charge on any atom is 0.253 e. The second-order valence-corrected chi connectivity index (χ2v) is 5.72. The maximum absolute atomic E-state index is 12.6. The molecule has 0 bridgehead atoms. The van der Waals surface area contributed by atoms with Gasteiger partial charge < -0.3 is 9.42 Å². The van der Waals surface area contributed by atoms with E-state index in [4.69, 9.17) is 4.52 Å². The molecule has 0 saturated carbocycles. The normalized spacial score (nSPS) is 18.2. The summed E-state index contributed by atoms with van der Waals surface area (Å²) in [5, 5.41) is 3.82. The van der Waals surface area contributed by atoms with Gasteiger partial charge in [0.15, 0.2) is 5.82 Å². The molecule has 1 aromatic heterocycles. The molecule has 2 aromatic rings. The third-order valence-corrected chi connectivity index (χ3v) is 4.12. The van der Waals surface area contributed by atoms with Gasteiger partial charge in [0.1, 0.15) is 0 Å². The molecule has 110 valence electrons. The van der Waals surface area contributed by atoms with Crippen LogP contribution in [0.3, 0.4) is 0 Å². The lowest BCUT2D eigenvalue weighted by Gasteiger charge is -2.16. The molecule has 2 heterocycles. The monoisotopic (exact) mass is 285 g/mol. The van der Waals surface area contributed by atoms with Crippen LogP contribution < -0.4 is 0 Å². The van der Waals surface area contributed by atoms with Crippen LogP contribution in [-0.4, -0.2) is 34.0 Å². The van der Waals surface area contributed by atoms with Crippen molar-refractivity contribution in [2.75, 3.05) is 13.1 Å². The van der Waals surface area contributed by atoms with Crippen molar-refractivity contribution in [1.29, 1.82) is 0 Å². The molecule has 5 heteroatoms. The van der Waals surface area contributed by atoms with Crippen molar-refractivity contribution in [3.05, 3.63) is 46.6 Å². The molecular formula is C16H19N3O2. The van der Waals surface area contributed by atoms with E-state index in [1.54, 1.807) is 6.92 Å². The van der Waals surface area contributed by atoms with E-state index in [0.29, 0.717) is 18.3 Å². The van der Waals surface area contributed by atoms with Crippen LogP contribution in [0.4, 0.5) is 0 Å². The number of likely N-dealkylation sites (tertiary alicyclic amines) is 1. The zero-order valence-electron chi connectivity index (χ0n) is 12.6. The van der Waals surface area contributed by atoms with Crippen LogP contribution in [0.1, 0.15) is 45.5 Å². The van der Waals surface area contributed by atoms with Gasteiger partial charge in [0.05, 0.1) is 5.92 Å². The third kappa shape index (κ3) is 2.68. The summed E-state index contributed by atoms with van der Waals surface area (Å²) < 4.78 is 5.22. The molecule has 1 amide bonds. The highest BCUT2D eigenvalue weighted by atomic mass is 16.5. The molecule has 0 aliphatic carbocycles. The Morgan fingerprint density at radius 2 is 2.10 bits per heavy atom. The van der Waals surface area contributed by atoms with Crippen molar-refractivity contribution in [1.82, 2.24) is 15.0 Å². The lowest BCUT2D eigenvalue weighted by molar-refractivity contribution is 0.0789. The molecule has 1 fully saturated rings. The number of rotatable bonds is 2. The van der Waals surface area contributed by atoms with E-state index in [9.17, 15) is 4.79 Å². The van der Waals surface area contributed by atoms with Gasteiger partial charge in [-0.1, -0.05) is 11.2 Å². The first-order chi connectivity index (χ1) is 10.0. The largest absolute Gasteiger partial charge is 0.339 e. The van der Waals surface area contributed by atoms with Crippen molar-refractivity contribution in [2.24, 2.45) is 0 Å². The average molecular weight is 285 g/mol. The Hall–Kier alpha value is -2.17. The van der Waals surface area contributed by atoms with Crippen molar-refractivity contribution < 1.29 is 9.32 Å². The summed E-state index contributed by atoms with van der Waals surface area (Å²) in [6.45, 7) is 7.26. The zero-order valence-corrected chi connectivity index (χ0v) is 12.6. The fourth-order valence-corrected chi connectivity index (χ4v) is 2.68. The number of carbonyl (C=O) groups is 1. The Labute approximate surface area is 124 Å². The van der Waals surface area contributed by atoms with Crippen molar-refractivity contribution >= 4 is 5.91 Å². The second-order valence-electron chi connectivity index (χ2n) is 5.72. The van der Waals surface area contributed by atoms with Gasteiger partial charge in [-0.15, -0.1) is 0 Å². The van der Waals surface area contributed by atoms with Crippen LogP contribution in [0, 0.1) is 20.8 Å². The molecule has 1 aromatic carbocycles. The minimum Gasteiger partial charge on any atom is -0.339 e. The Morgan fingerprint density at radius 1 is 1.29 bits per heavy atom. The first kappa shape index (κ1) is 13.8. The quantitative estimate of drug-likeness (QED) is 0.851. The van der Waals surface area contributed by atoms with Crippen LogP contribution in [0.2, 0.25) is 0 Å². The van der Waals surface area contributed by atoms with E-state index >= 15 is 0 Å². The zero-order chi connectivity index (χ0) is 15.0. The number of aromatic nitrogens is 2. The fourth-order valence-electron chi connectivity index (χ4n) is 2.68.